The molecular weight excluding hydrogens is 237 g/mol. The molecule has 12 heavy (non-hydrogen) atoms. The van der Waals surface area contributed by atoms with Gasteiger partial charge in [-0.05, 0) is 19.1 Å². The van der Waals surface area contributed by atoms with Gasteiger partial charge in [0, 0.05) is 9.75 Å². The van der Waals surface area contributed by atoms with Gasteiger partial charge in [0.2, 0.25) is 3.79 Å². The number of aryl methyl sites for hydroxylation is 1. The van der Waals surface area contributed by atoms with Crippen molar-refractivity contribution in [1.82, 2.24) is 0 Å². The number of rotatable bonds is 1. The molecule has 0 radical (unpaired) electrons. The van der Waals surface area contributed by atoms with Crippen molar-refractivity contribution in [2.24, 2.45) is 5.73 Å². The van der Waals surface area contributed by atoms with Crippen molar-refractivity contribution in [1.29, 1.82) is 0 Å². The third kappa shape index (κ3) is 2.51. The van der Waals surface area contributed by atoms with E-state index in [0.29, 0.717) is 0 Å². The van der Waals surface area contributed by atoms with Crippen LogP contribution < -0.4 is 5.73 Å². The highest BCUT2D eigenvalue weighted by molar-refractivity contribution is 7.12. The first-order valence-electron chi connectivity index (χ1n) is 3.30. The largest absolute Gasteiger partial charge is 0.320 e. The molecule has 1 aromatic rings. The maximum atomic E-state index is 5.70. The second-order valence-corrected chi connectivity index (χ2v) is 6.16. The predicted octanol–water partition coefficient (Wildman–Crippen LogP) is 3.43. The molecule has 0 saturated carbocycles. The van der Waals surface area contributed by atoms with Crippen LogP contribution in [0.25, 0.3) is 0 Å². The minimum absolute atomic E-state index is 0.541. The third-order valence-electron chi connectivity index (χ3n) is 1.42. The number of alkyl halides is 3. The average molecular weight is 245 g/mol. The Morgan fingerprint density at radius 3 is 2.33 bits per heavy atom. The van der Waals surface area contributed by atoms with E-state index in [1.54, 1.807) is 11.3 Å². The van der Waals surface area contributed by atoms with Gasteiger partial charge >= 0.3 is 0 Å². The molecule has 0 aliphatic heterocycles. The molecule has 2 N–H and O–H groups in total. The van der Waals surface area contributed by atoms with E-state index < -0.39 is 9.83 Å². The molecule has 0 aromatic carbocycles. The van der Waals surface area contributed by atoms with Gasteiger partial charge in [-0.2, -0.15) is 0 Å². The van der Waals surface area contributed by atoms with Gasteiger partial charge in [0.05, 0.1) is 6.04 Å². The lowest BCUT2D eigenvalue weighted by Crippen LogP contribution is -2.24. The van der Waals surface area contributed by atoms with Gasteiger partial charge in [-0.15, -0.1) is 11.3 Å². The zero-order valence-electron chi connectivity index (χ0n) is 6.35. The van der Waals surface area contributed by atoms with Crippen molar-refractivity contribution in [3.8, 4) is 0 Å². The van der Waals surface area contributed by atoms with E-state index in [9.17, 15) is 0 Å². The van der Waals surface area contributed by atoms with Crippen molar-refractivity contribution in [3.63, 3.8) is 0 Å². The van der Waals surface area contributed by atoms with Crippen LogP contribution in [0.15, 0.2) is 12.1 Å². The summed E-state index contributed by atoms with van der Waals surface area (Å²) in [6.45, 7) is 1.99. The van der Waals surface area contributed by atoms with E-state index in [0.717, 1.165) is 9.75 Å². The maximum absolute atomic E-state index is 5.70. The highest BCUT2D eigenvalue weighted by Gasteiger charge is 2.31. The summed E-state index contributed by atoms with van der Waals surface area (Å²) in [7, 11) is 0. The second-order valence-electron chi connectivity index (χ2n) is 2.47. The summed E-state index contributed by atoms with van der Waals surface area (Å²) in [6.07, 6.45) is 0. The Bertz CT molecular complexity index is 266. The van der Waals surface area contributed by atoms with Crippen molar-refractivity contribution in [3.05, 3.63) is 21.9 Å². The van der Waals surface area contributed by atoms with E-state index in [1.165, 1.54) is 0 Å². The van der Waals surface area contributed by atoms with Gasteiger partial charge in [0.15, 0.2) is 0 Å². The van der Waals surface area contributed by atoms with Crippen LogP contribution in [0.2, 0.25) is 0 Å². The first kappa shape index (κ1) is 10.6. The van der Waals surface area contributed by atoms with Crippen molar-refractivity contribution in [2.45, 2.75) is 16.8 Å². The molecule has 1 nitrogen and oxygen atoms in total. The lowest BCUT2D eigenvalue weighted by Gasteiger charge is -2.18. The Morgan fingerprint density at radius 2 is 2.00 bits per heavy atom. The number of hydrogen-bond acceptors (Lipinski definition) is 2. The summed E-state index contributed by atoms with van der Waals surface area (Å²) in [5.74, 6) is 0. The summed E-state index contributed by atoms with van der Waals surface area (Å²) in [5.41, 5.74) is 5.70. The Balaban J connectivity index is 2.85. The fraction of sp³-hybridized carbons (Fsp3) is 0.429. The van der Waals surface area contributed by atoms with E-state index in [4.69, 9.17) is 40.5 Å². The fourth-order valence-corrected chi connectivity index (χ4v) is 2.28. The monoisotopic (exact) mass is 243 g/mol. The standard InChI is InChI=1S/C7H8Cl3NS/c1-4-2-3-5(12-4)6(11)7(8,9)10/h2-3,6H,11H2,1H3. The lowest BCUT2D eigenvalue weighted by atomic mass is 10.3. The van der Waals surface area contributed by atoms with Gasteiger partial charge < -0.3 is 5.73 Å². The normalized spacial score (nSPS) is 14.8. The van der Waals surface area contributed by atoms with Crippen LogP contribution in [0.5, 0.6) is 0 Å². The number of nitrogens with two attached hydrogens (primary N) is 1. The van der Waals surface area contributed by atoms with Crippen LogP contribution in [0.4, 0.5) is 0 Å². The summed E-state index contributed by atoms with van der Waals surface area (Å²) >= 11 is 18.5. The molecule has 0 amide bonds. The van der Waals surface area contributed by atoms with Crippen LogP contribution in [-0.2, 0) is 0 Å². The SMILES string of the molecule is Cc1ccc(C(N)C(Cl)(Cl)Cl)s1. The summed E-state index contributed by atoms with van der Waals surface area (Å²) < 4.78 is -1.42. The first-order valence-corrected chi connectivity index (χ1v) is 5.25. The van der Waals surface area contributed by atoms with Crippen molar-refractivity contribution in [2.75, 3.05) is 0 Å². The zero-order chi connectivity index (χ0) is 9.35. The minimum Gasteiger partial charge on any atom is -0.320 e. The van der Waals surface area contributed by atoms with E-state index >= 15 is 0 Å². The lowest BCUT2D eigenvalue weighted by molar-refractivity contribution is 0.764. The Morgan fingerprint density at radius 1 is 1.42 bits per heavy atom. The van der Waals surface area contributed by atoms with E-state index in [-0.39, 0.29) is 0 Å². The number of hydrogen-bond donors (Lipinski definition) is 1. The summed E-state index contributed by atoms with van der Waals surface area (Å²) in [4.78, 5) is 2.06. The molecular formula is C7H8Cl3NS. The van der Waals surface area contributed by atoms with Crippen LogP contribution in [0.1, 0.15) is 15.8 Å². The smallest absolute Gasteiger partial charge is 0.210 e. The third-order valence-corrected chi connectivity index (χ3v) is 3.21. The molecule has 0 aliphatic rings. The number of thiophene rings is 1. The molecule has 0 aliphatic carbocycles. The molecule has 68 valence electrons. The van der Waals surface area contributed by atoms with Gasteiger partial charge in [-0.1, -0.05) is 34.8 Å². The molecule has 0 fully saturated rings. The quantitative estimate of drug-likeness (QED) is 0.753. The van der Waals surface area contributed by atoms with E-state index in [1.807, 2.05) is 19.1 Å². The fourth-order valence-electron chi connectivity index (χ4n) is 0.782. The minimum atomic E-state index is -1.42. The Labute approximate surface area is 90.4 Å². The van der Waals surface area contributed by atoms with Crippen molar-refractivity contribution >= 4 is 46.1 Å². The Kier molecular flexibility index (Phi) is 3.29. The molecule has 1 unspecified atom stereocenters. The topological polar surface area (TPSA) is 26.0 Å². The zero-order valence-corrected chi connectivity index (χ0v) is 9.44. The molecule has 1 atom stereocenters. The number of halogens is 3. The molecule has 1 rings (SSSR count). The van der Waals surface area contributed by atoms with Crippen LogP contribution in [0, 0.1) is 6.92 Å². The Hall–Kier alpha value is 0.530. The van der Waals surface area contributed by atoms with Crippen molar-refractivity contribution < 1.29 is 0 Å². The van der Waals surface area contributed by atoms with Gasteiger partial charge in [-0.25, -0.2) is 0 Å². The van der Waals surface area contributed by atoms with Gasteiger partial charge in [0.1, 0.15) is 0 Å². The summed E-state index contributed by atoms with van der Waals surface area (Å²) in [5, 5.41) is 0. The highest BCUT2D eigenvalue weighted by atomic mass is 35.6. The molecule has 0 spiro atoms. The van der Waals surface area contributed by atoms with Gasteiger partial charge in [0.25, 0.3) is 0 Å². The molecule has 5 heteroatoms. The maximum Gasteiger partial charge on any atom is 0.210 e. The van der Waals surface area contributed by atoms with Crippen LogP contribution in [0.3, 0.4) is 0 Å². The molecule has 1 aromatic heterocycles. The predicted molar refractivity (Wildman–Crippen MR) is 56.3 cm³/mol. The molecule has 1 heterocycles. The van der Waals surface area contributed by atoms with Crippen LogP contribution in [-0.4, -0.2) is 3.79 Å². The summed E-state index contributed by atoms with van der Waals surface area (Å²) in [6, 6.07) is 3.30. The second kappa shape index (κ2) is 3.72. The highest BCUT2D eigenvalue weighted by Crippen LogP contribution is 2.40. The first-order chi connectivity index (χ1) is 5.41. The molecule has 0 saturated heterocycles. The van der Waals surface area contributed by atoms with Crippen LogP contribution >= 0.6 is 46.1 Å². The molecule has 0 bridgehead atoms. The van der Waals surface area contributed by atoms with E-state index in [2.05, 4.69) is 0 Å². The van der Waals surface area contributed by atoms with Gasteiger partial charge in [-0.3, -0.25) is 0 Å². The average Bonchev–Trinajstić information content (AvgIpc) is 2.32.